The number of amides is 1. The molecule has 2 aromatic heterocycles. The van der Waals surface area contributed by atoms with Crippen LogP contribution in [0.2, 0.25) is 0 Å². The molecule has 7 heteroatoms. The number of ether oxygens (including phenoxy) is 1. The third kappa shape index (κ3) is 3.35. The number of carbonyl (C=O) groups is 1. The molecule has 3 aromatic rings. The summed E-state index contributed by atoms with van der Waals surface area (Å²) in [6.07, 6.45) is 0. The summed E-state index contributed by atoms with van der Waals surface area (Å²) in [6.45, 7) is 0.669. The van der Waals surface area contributed by atoms with Gasteiger partial charge in [0, 0.05) is 12.5 Å². The van der Waals surface area contributed by atoms with Crippen LogP contribution in [0.5, 0.6) is 0 Å². The Bertz CT molecular complexity index is 847. The molecule has 2 N–H and O–H groups in total. The lowest BCUT2D eigenvalue weighted by Gasteiger charge is -2.05. The Balaban J connectivity index is 1.71. The normalized spacial score (nSPS) is 10.9. The maximum absolute atomic E-state index is 13.7. The first-order valence-corrected chi connectivity index (χ1v) is 7.03. The summed E-state index contributed by atoms with van der Waals surface area (Å²) in [5.41, 5.74) is 1.85. The first kappa shape index (κ1) is 15.1. The molecule has 0 atom stereocenters. The van der Waals surface area contributed by atoms with Crippen LogP contribution in [-0.2, 0) is 17.9 Å². The highest BCUT2D eigenvalue weighted by Crippen LogP contribution is 2.15. The van der Waals surface area contributed by atoms with Crippen molar-refractivity contribution in [3.05, 3.63) is 59.3 Å². The number of benzene rings is 1. The Morgan fingerprint density at radius 2 is 2.22 bits per heavy atom. The third-order valence-corrected chi connectivity index (χ3v) is 3.32. The van der Waals surface area contributed by atoms with Gasteiger partial charge in [0.25, 0.3) is 5.91 Å². The first-order chi connectivity index (χ1) is 11.2. The van der Waals surface area contributed by atoms with E-state index < -0.39 is 5.82 Å². The zero-order valence-electron chi connectivity index (χ0n) is 12.5. The number of pyridine rings is 1. The van der Waals surface area contributed by atoms with Gasteiger partial charge < -0.3 is 10.1 Å². The lowest BCUT2D eigenvalue weighted by molar-refractivity contribution is 0.0946. The summed E-state index contributed by atoms with van der Waals surface area (Å²) in [5, 5.41) is 10.2. The molecular formula is C16H15FN4O2. The minimum absolute atomic E-state index is 0.166. The summed E-state index contributed by atoms with van der Waals surface area (Å²) < 4.78 is 18.7. The Labute approximate surface area is 131 Å². The van der Waals surface area contributed by atoms with E-state index >= 15 is 0 Å². The van der Waals surface area contributed by atoms with Crippen molar-refractivity contribution in [1.29, 1.82) is 0 Å². The fourth-order valence-electron chi connectivity index (χ4n) is 2.23. The largest absolute Gasteiger partial charge is 0.378 e. The standard InChI is InChI=1S/C16H15FN4O2/c1-23-9-12-7-11(20-21-12)8-18-16(22)14-6-5-10-3-2-4-13(17)15(10)19-14/h2-7H,8-9H2,1H3,(H,18,22)(H,20,21). The molecule has 118 valence electrons. The topological polar surface area (TPSA) is 79.9 Å². The molecule has 0 aliphatic rings. The molecule has 0 bridgehead atoms. The fraction of sp³-hybridized carbons (Fsp3) is 0.188. The number of nitrogens with one attached hydrogen (secondary N) is 2. The molecule has 0 aliphatic carbocycles. The van der Waals surface area contributed by atoms with Gasteiger partial charge in [-0.1, -0.05) is 18.2 Å². The second kappa shape index (κ2) is 6.53. The second-order valence-corrected chi connectivity index (χ2v) is 5.01. The number of aromatic nitrogens is 3. The van der Waals surface area contributed by atoms with Gasteiger partial charge in [-0.2, -0.15) is 5.10 Å². The maximum atomic E-state index is 13.7. The number of nitrogens with zero attached hydrogens (tertiary/aromatic N) is 2. The van der Waals surface area contributed by atoms with Crippen molar-refractivity contribution in [2.75, 3.05) is 7.11 Å². The van der Waals surface area contributed by atoms with Crippen molar-refractivity contribution in [2.45, 2.75) is 13.2 Å². The molecule has 0 saturated heterocycles. The predicted octanol–water partition coefficient (Wildman–Crippen LogP) is 2.17. The van der Waals surface area contributed by atoms with E-state index in [9.17, 15) is 9.18 Å². The number of fused-ring (bicyclic) bond motifs is 1. The van der Waals surface area contributed by atoms with Gasteiger partial charge in [-0.25, -0.2) is 9.37 Å². The van der Waals surface area contributed by atoms with Crippen LogP contribution in [0.3, 0.4) is 0 Å². The molecule has 0 saturated carbocycles. The Kier molecular flexibility index (Phi) is 4.29. The first-order valence-electron chi connectivity index (χ1n) is 7.03. The third-order valence-electron chi connectivity index (χ3n) is 3.32. The van der Waals surface area contributed by atoms with Crippen molar-refractivity contribution in [3.8, 4) is 0 Å². The number of hydrogen-bond donors (Lipinski definition) is 2. The van der Waals surface area contributed by atoms with Gasteiger partial charge in [-0.3, -0.25) is 9.89 Å². The fourth-order valence-corrected chi connectivity index (χ4v) is 2.23. The molecule has 1 amide bonds. The molecule has 0 aliphatic heterocycles. The monoisotopic (exact) mass is 314 g/mol. The molecule has 2 heterocycles. The lowest BCUT2D eigenvalue weighted by atomic mass is 10.2. The molecule has 0 unspecified atom stereocenters. The number of para-hydroxylation sites is 1. The van der Waals surface area contributed by atoms with Gasteiger partial charge >= 0.3 is 0 Å². The van der Waals surface area contributed by atoms with Gasteiger partial charge in [0.2, 0.25) is 0 Å². The molecule has 0 fully saturated rings. The Hall–Kier alpha value is -2.80. The van der Waals surface area contributed by atoms with E-state index in [0.29, 0.717) is 12.0 Å². The van der Waals surface area contributed by atoms with Crippen molar-refractivity contribution in [3.63, 3.8) is 0 Å². The van der Waals surface area contributed by atoms with E-state index in [2.05, 4.69) is 20.5 Å². The number of carbonyl (C=O) groups excluding carboxylic acids is 1. The summed E-state index contributed by atoms with van der Waals surface area (Å²) in [7, 11) is 1.58. The molecular weight excluding hydrogens is 299 g/mol. The van der Waals surface area contributed by atoms with E-state index in [1.165, 1.54) is 6.07 Å². The van der Waals surface area contributed by atoms with Crippen LogP contribution in [0.4, 0.5) is 4.39 Å². The SMILES string of the molecule is COCc1cc(CNC(=O)c2ccc3cccc(F)c3n2)[nH]n1. The highest BCUT2D eigenvalue weighted by atomic mass is 19.1. The van der Waals surface area contributed by atoms with Crippen LogP contribution in [0, 0.1) is 5.82 Å². The Morgan fingerprint density at radius 3 is 3.04 bits per heavy atom. The van der Waals surface area contributed by atoms with Crippen LogP contribution in [0.25, 0.3) is 10.9 Å². The van der Waals surface area contributed by atoms with Gasteiger partial charge in [-0.05, 0) is 18.2 Å². The van der Waals surface area contributed by atoms with Gasteiger partial charge in [0.05, 0.1) is 24.5 Å². The van der Waals surface area contributed by atoms with E-state index in [0.717, 1.165) is 11.4 Å². The molecule has 6 nitrogen and oxygen atoms in total. The van der Waals surface area contributed by atoms with Crippen LogP contribution in [0.15, 0.2) is 36.4 Å². The Morgan fingerprint density at radius 1 is 1.35 bits per heavy atom. The van der Waals surface area contributed by atoms with E-state index in [1.54, 1.807) is 37.4 Å². The number of aromatic amines is 1. The maximum Gasteiger partial charge on any atom is 0.270 e. The number of H-pyrrole nitrogens is 1. The number of methoxy groups -OCH3 is 1. The molecule has 1 aromatic carbocycles. The van der Waals surface area contributed by atoms with Crippen molar-refractivity contribution >= 4 is 16.8 Å². The smallest absolute Gasteiger partial charge is 0.270 e. The van der Waals surface area contributed by atoms with Crippen LogP contribution in [-0.4, -0.2) is 28.2 Å². The average Bonchev–Trinajstić information content (AvgIpc) is 3.01. The average molecular weight is 314 g/mol. The summed E-state index contributed by atoms with van der Waals surface area (Å²) in [4.78, 5) is 16.2. The minimum atomic E-state index is -0.449. The number of hydrogen-bond acceptors (Lipinski definition) is 4. The number of halogens is 1. The van der Waals surface area contributed by atoms with Crippen LogP contribution < -0.4 is 5.32 Å². The van der Waals surface area contributed by atoms with E-state index in [4.69, 9.17) is 4.74 Å². The summed E-state index contributed by atoms with van der Waals surface area (Å²) in [6, 6.07) is 9.72. The van der Waals surface area contributed by atoms with Crippen molar-refractivity contribution in [1.82, 2.24) is 20.5 Å². The van der Waals surface area contributed by atoms with E-state index in [-0.39, 0.29) is 23.7 Å². The molecule has 0 radical (unpaired) electrons. The zero-order valence-corrected chi connectivity index (χ0v) is 12.5. The van der Waals surface area contributed by atoms with Gasteiger partial charge in [0.1, 0.15) is 17.0 Å². The highest BCUT2D eigenvalue weighted by molar-refractivity contribution is 5.94. The van der Waals surface area contributed by atoms with Crippen LogP contribution in [0.1, 0.15) is 21.9 Å². The quantitative estimate of drug-likeness (QED) is 0.756. The van der Waals surface area contributed by atoms with E-state index in [1.807, 2.05) is 0 Å². The summed E-state index contributed by atoms with van der Waals surface area (Å²) in [5.74, 6) is -0.826. The molecule has 23 heavy (non-hydrogen) atoms. The lowest BCUT2D eigenvalue weighted by Crippen LogP contribution is -2.24. The van der Waals surface area contributed by atoms with Gasteiger partial charge in [0.15, 0.2) is 0 Å². The van der Waals surface area contributed by atoms with Crippen molar-refractivity contribution in [2.24, 2.45) is 0 Å². The van der Waals surface area contributed by atoms with Crippen LogP contribution >= 0.6 is 0 Å². The van der Waals surface area contributed by atoms with Gasteiger partial charge in [-0.15, -0.1) is 0 Å². The second-order valence-electron chi connectivity index (χ2n) is 5.01. The molecule has 3 rings (SSSR count). The van der Waals surface area contributed by atoms with Crippen molar-refractivity contribution < 1.29 is 13.9 Å². The molecule has 0 spiro atoms. The predicted molar refractivity (Wildman–Crippen MR) is 82.2 cm³/mol. The number of rotatable bonds is 5. The zero-order chi connectivity index (χ0) is 16.2. The summed E-state index contributed by atoms with van der Waals surface area (Å²) >= 11 is 0. The minimum Gasteiger partial charge on any atom is -0.378 e. The highest BCUT2D eigenvalue weighted by Gasteiger charge is 2.10.